The van der Waals surface area contributed by atoms with Crippen LogP contribution in [0.25, 0.3) is 0 Å². The minimum absolute atomic E-state index is 0.447. The summed E-state index contributed by atoms with van der Waals surface area (Å²) in [5, 5.41) is -1.11. The smallest absolute Gasteiger partial charge is 0.358 e. The first-order valence-electron chi connectivity index (χ1n) is 7.88. The third-order valence-corrected chi connectivity index (χ3v) is 5.46. The minimum Gasteiger partial charge on any atom is -0.358 e. The zero-order valence-electron chi connectivity index (χ0n) is 14.0. The summed E-state index contributed by atoms with van der Waals surface area (Å²) in [6.45, 7) is 7.19. The summed E-state index contributed by atoms with van der Waals surface area (Å²) < 4.78 is 49.3. The number of rotatable bonds is 6. The second-order valence-corrected chi connectivity index (χ2v) is 7.12. The van der Waals surface area contributed by atoms with Crippen molar-refractivity contribution in [2.45, 2.75) is 62.5 Å². The molecule has 2 bridgehead atoms. The summed E-state index contributed by atoms with van der Waals surface area (Å²) in [6, 6.07) is 0. The van der Waals surface area contributed by atoms with Gasteiger partial charge in [0, 0.05) is 0 Å². The van der Waals surface area contributed by atoms with Crippen LogP contribution in [0.5, 0.6) is 0 Å². The highest BCUT2D eigenvalue weighted by molar-refractivity contribution is 6.34. The third-order valence-electron chi connectivity index (χ3n) is 4.91. The van der Waals surface area contributed by atoms with Crippen molar-refractivity contribution in [1.82, 2.24) is 0 Å². The van der Waals surface area contributed by atoms with Gasteiger partial charge in [0.2, 0.25) is 0 Å². The number of ketones is 1. The van der Waals surface area contributed by atoms with E-state index in [0.717, 1.165) is 5.57 Å². The molecule has 0 unspecified atom stereocenters. The van der Waals surface area contributed by atoms with Crippen molar-refractivity contribution in [2.24, 2.45) is 5.92 Å². The van der Waals surface area contributed by atoms with Gasteiger partial charge in [0.15, 0.2) is 11.4 Å². The average Bonchev–Trinajstić information content (AvgIpc) is 2.78. The Labute approximate surface area is 144 Å². The normalized spacial score (nSPS) is 36.2. The van der Waals surface area contributed by atoms with Crippen molar-refractivity contribution >= 4 is 17.4 Å². The molecule has 0 amide bonds. The van der Waals surface area contributed by atoms with Crippen LogP contribution in [0.1, 0.15) is 33.6 Å². The fourth-order valence-electron chi connectivity index (χ4n) is 3.58. The number of carbonyl (C=O) groups is 1. The lowest BCUT2D eigenvalue weighted by Crippen LogP contribution is -2.67. The van der Waals surface area contributed by atoms with Gasteiger partial charge in [-0.25, -0.2) is 0 Å². The lowest BCUT2D eigenvalue weighted by Gasteiger charge is -2.49. The lowest BCUT2D eigenvalue weighted by atomic mass is 9.75. The topological polar surface area (TPSA) is 35.5 Å². The van der Waals surface area contributed by atoms with Crippen LogP contribution in [0.3, 0.4) is 0 Å². The van der Waals surface area contributed by atoms with Crippen molar-refractivity contribution < 1.29 is 27.4 Å². The number of allylic oxidation sites excluding steroid dienone is 1. The Kier molecular flexibility index (Phi) is 5.25. The number of carbonyl (C=O) groups excluding carboxylic acids is 1. The molecule has 136 valence electrons. The molecule has 2 aliphatic rings. The van der Waals surface area contributed by atoms with Gasteiger partial charge in [-0.1, -0.05) is 26.0 Å². The van der Waals surface area contributed by atoms with Crippen molar-refractivity contribution in [3.63, 3.8) is 0 Å². The molecular weight excluding hydrogens is 345 g/mol. The highest BCUT2D eigenvalue weighted by atomic mass is 35.5. The predicted molar refractivity (Wildman–Crippen MR) is 85.0 cm³/mol. The Morgan fingerprint density at radius 3 is 2.62 bits per heavy atom. The molecule has 3 nitrogen and oxygen atoms in total. The van der Waals surface area contributed by atoms with Crippen molar-refractivity contribution in [3.05, 3.63) is 24.3 Å². The molecule has 2 aliphatic heterocycles. The van der Waals surface area contributed by atoms with Gasteiger partial charge in [0.1, 0.15) is 23.7 Å². The molecule has 2 rings (SSSR count). The van der Waals surface area contributed by atoms with E-state index in [1.54, 1.807) is 32.9 Å². The maximum Gasteiger partial charge on any atom is 0.411 e. The molecule has 0 N–H and O–H groups in total. The van der Waals surface area contributed by atoms with Crippen LogP contribution < -0.4 is 0 Å². The van der Waals surface area contributed by atoms with E-state index in [1.165, 1.54) is 0 Å². The number of fused-ring (bicyclic) bond motifs is 2. The summed E-state index contributed by atoms with van der Waals surface area (Å²) in [4.78, 5) is 13.0. The van der Waals surface area contributed by atoms with E-state index in [4.69, 9.17) is 21.1 Å². The highest BCUT2D eigenvalue weighted by Gasteiger charge is 2.66. The number of Topliss-reactive ketones (excluding diaryl/α,β-unsaturated/α-hetero) is 1. The van der Waals surface area contributed by atoms with Gasteiger partial charge in [0.25, 0.3) is 0 Å². The highest BCUT2D eigenvalue weighted by Crippen LogP contribution is 2.52. The van der Waals surface area contributed by atoms with Crippen molar-refractivity contribution in [1.29, 1.82) is 0 Å². The number of hydrogen-bond acceptors (Lipinski definition) is 3. The fraction of sp³-hybridized carbons (Fsp3) is 0.706. The van der Waals surface area contributed by atoms with Gasteiger partial charge in [0.05, 0.1) is 0 Å². The Hall–Kier alpha value is -0.850. The lowest BCUT2D eigenvalue weighted by molar-refractivity contribution is -0.247. The fourth-order valence-corrected chi connectivity index (χ4v) is 4.08. The van der Waals surface area contributed by atoms with Gasteiger partial charge in [-0.15, -0.1) is 18.2 Å². The van der Waals surface area contributed by atoms with Crippen LogP contribution in [-0.4, -0.2) is 41.2 Å². The molecule has 0 aromatic rings. The molecule has 0 radical (unpaired) electrons. The summed E-state index contributed by atoms with van der Waals surface area (Å²) in [5.41, 5.74) is -1.99. The van der Waals surface area contributed by atoms with Gasteiger partial charge >= 0.3 is 6.18 Å². The molecule has 1 saturated heterocycles. The SMILES string of the molecule is C=CCC[C@@]12O[C@@H](C=C1C)[C@@](OCC(F)(F)F)(C(C)C)C(=O)[C@H]2Cl. The first-order chi connectivity index (χ1) is 11.0. The third kappa shape index (κ3) is 2.93. The maximum atomic E-state index is 13.0. The first kappa shape index (κ1) is 19.5. The van der Waals surface area contributed by atoms with Crippen LogP contribution in [0.15, 0.2) is 24.3 Å². The van der Waals surface area contributed by atoms with Crippen LogP contribution >= 0.6 is 11.6 Å². The maximum absolute atomic E-state index is 13.0. The largest absolute Gasteiger partial charge is 0.411 e. The van der Waals surface area contributed by atoms with Crippen molar-refractivity contribution in [3.8, 4) is 0 Å². The zero-order chi connectivity index (χ0) is 18.3. The Balaban J connectivity index is 2.43. The second kappa shape index (κ2) is 6.46. The standard InChI is InChI=1S/C17H22ClF3O3/c1-5-6-7-15-11(4)8-12(24-15)17(10(2)3,14(22)13(15)18)23-9-16(19,20)21/h5,8,10,12-13H,1,6-7,9H2,2-4H3/t12-,13+,15+,17-/m0/s1. The molecule has 0 spiro atoms. The molecule has 4 atom stereocenters. The molecule has 0 aromatic heterocycles. The van der Waals surface area contributed by atoms with E-state index in [1.807, 2.05) is 0 Å². The quantitative estimate of drug-likeness (QED) is 0.522. The van der Waals surface area contributed by atoms with Gasteiger partial charge in [-0.3, -0.25) is 4.79 Å². The van der Waals surface area contributed by atoms with Gasteiger partial charge < -0.3 is 9.47 Å². The van der Waals surface area contributed by atoms with Crippen LogP contribution in [0.4, 0.5) is 13.2 Å². The summed E-state index contributed by atoms with van der Waals surface area (Å²) in [6.07, 6.45) is -1.03. The molecule has 0 aliphatic carbocycles. The van der Waals surface area contributed by atoms with Gasteiger partial charge in [-0.2, -0.15) is 13.2 Å². The summed E-state index contributed by atoms with van der Waals surface area (Å²) in [5.74, 6) is -1.07. The first-order valence-corrected chi connectivity index (χ1v) is 8.31. The molecule has 0 aromatic carbocycles. The van der Waals surface area contributed by atoms with Crippen LogP contribution in [-0.2, 0) is 14.3 Å². The number of alkyl halides is 4. The zero-order valence-corrected chi connectivity index (χ0v) is 14.7. The van der Waals surface area contributed by atoms with E-state index >= 15 is 0 Å². The Bertz CT molecular complexity index is 558. The average molecular weight is 367 g/mol. The Morgan fingerprint density at radius 2 is 2.12 bits per heavy atom. The van der Waals surface area contributed by atoms with E-state index in [0.29, 0.717) is 12.8 Å². The molecule has 0 saturated carbocycles. The van der Waals surface area contributed by atoms with E-state index in [9.17, 15) is 18.0 Å². The molecule has 2 heterocycles. The van der Waals surface area contributed by atoms with E-state index < -0.39 is 47.2 Å². The number of ether oxygens (including phenoxy) is 2. The minimum atomic E-state index is -4.54. The van der Waals surface area contributed by atoms with E-state index in [2.05, 4.69) is 6.58 Å². The molecule has 1 fully saturated rings. The number of halogens is 4. The monoisotopic (exact) mass is 366 g/mol. The predicted octanol–water partition coefficient (Wildman–Crippen LogP) is 4.20. The van der Waals surface area contributed by atoms with Crippen LogP contribution in [0, 0.1) is 5.92 Å². The molecule has 24 heavy (non-hydrogen) atoms. The summed E-state index contributed by atoms with van der Waals surface area (Å²) in [7, 11) is 0. The summed E-state index contributed by atoms with van der Waals surface area (Å²) >= 11 is 6.41. The van der Waals surface area contributed by atoms with Crippen molar-refractivity contribution in [2.75, 3.05) is 6.61 Å². The molecular formula is C17H22ClF3O3. The number of hydrogen-bond donors (Lipinski definition) is 0. The Morgan fingerprint density at radius 1 is 1.50 bits per heavy atom. The van der Waals surface area contributed by atoms with Crippen LogP contribution in [0.2, 0.25) is 0 Å². The second-order valence-electron chi connectivity index (χ2n) is 6.68. The van der Waals surface area contributed by atoms with Gasteiger partial charge in [-0.05, 0) is 31.3 Å². The van der Waals surface area contributed by atoms with E-state index in [-0.39, 0.29) is 0 Å². The molecule has 7 heteroatoms.